The second kappa shape index (κ2) is 6.93. The number of halogens is 2. The third-order valence-electron chi connectivity index (χ3n) is 2.04. The van der Waals surface area contributed by atoms with Crippen LogP contribution in [0.5, 0.6) is 0 Å². The Hall–Kier alpha value is -0.450. The van der Waals surface area contributed by atoms with Crippen LogP contribution in [0.1, 0.15) is 0 Å². The highest BCUT2D eigenvalue weighted by atomic mass is 79.9. The first-order valence-corrected chi connectivity index (χ1v) is 5.65. The van der Waals surface area contributed by atoms with Gasteiger partial charge in [0.1, 0.15) is 5.82 Å². The van der Waals surface area contributed by atoms with Crippen LogP contribution >= 0.6 is 15.9 Å². The summed E-state index contributed by atoms with van der Waals surface area (Å²) >= 11 is 3.18. The van der Waals surface area contributed by atoms with Crippen molar-refractivity contribution in [2.45, 2.75) is 0 Å². The predicted molar refractivity (Wildman–Crippen MR) is 62.4 cm³/mol. The highest BCUT2D eigenvalue weighted by Crippen LogP contribution is 2.08. The average Bonchev–Trinajstić information content (AvgIpc) is 2.25. The van der Waals surface area contributed by atoms with Gasteiger partial charge in [-0.05, 0) is 31.3 Å². The molecule has 1 saturated heterocycles. The first-order valence-electron chi connectivity index (χ1n) is 4.86. The molecule has 84 valence electrons. The molecule has 0 amide bonds. The Balaban J connectivity index is 0.000000151. The minimum Gasteiger partial charge on any atom is -0.379 e. The molecule has 0 atom stereocenters. The van der Waals surface area contributed by atoms with Crippen molar-refractivity contribution in [1.29, 1.82) is 0 Å². The highest BCUT2D eigenvalue weighted by molar-refractivity contribution is 9.10. The van der Waals surface area contributed by atoms with Gasteiger partial charge in [0.05, 0.1) is 13.2 Å². The fraction of sp³-hybridized carbons (Fsp3) is 0.455. The van der Waals surface area contributed by atoms with Crippen molar-refractivity contribution in [3.8, 4) is 0 Å². The summed E-state index contributed by atoms with van der Waals surface area (Å²) in [6.45, 7) is 4.02. The Kier molecular flexibility index (Phi) is 5.83. The van der Waals surface area contributed by atoms with Gasteiger partial charge in [-0.2, -0.15) is 0 Å². The van der Waals surface area contributed by atoms with Crippen LogP contribution in [0.4, 0.5) is 4.39 Å². The number of benzene rings is 1. The van der Waals surface area contributed by atoms with E-state index >= 15 is 0 Å². The van der Waals surface area contributed by atoms with Gasteiger partial charge in [-0.25, -0.2) is 4.39 Å². The van der Waals surface area contributed by atoms with Gasteiger partial charge in [0, 0.05) is 17.6 Å². The molecule has 1 heterocycles. The summed E-state index contributed by atoms with van der Waals surface area (Å²) in [6, 6.07) is 6.14. The molecule has 1 aromatic rings. The van der Waals surface area contributed by atoms with Crippen molar-refractivity contribution in [2.75, 3.05) is 33.4 Å². The molecule has 0 N–H and O–H groups in total. The van der Waals surface area contributed by atoms with E-state index in [1.54, 1.807) is 12.1 Å². The topological polar surface area (TPSA) is 12.5 Å². The van der Waals surface area contributed by atoms with E-state index in [2.05, 4.69) is 27.9 Å². The van der Waals surface area contributed by atoms with Crippen molar-refractivity contribution < 1.29 is 9.13 Å². The summed E-state index contributed by atoms with van der Waals surface area (Å²) in [5.41, 5.74) is 0. The number of likely N-dealkylation sites (N-methyl/N-ethyl adjacent to an activating group) is 1. The number of nitrogens with zero attached hydrogens (tertiary/aromatic N) is 1. The maximum absolute atomic E-state index is 12.1. The molecule has 1 aliphatic rings. The van der Waals surface area contributed by atoms with E-state index in [0.29, 0.717) is 0 Å². The fourth-order valence-corrected chi connectivity index (χ4v) is 1.35. The average molecular weight is 276 g/mol. The molecule has 2 rings (SSSR count). The largest absolute Gasteiger partial charge is 0.379 e. The number of morpholine rings is 1. The maximum atomic E-state index is 12.1. The number of hydrogen-bond acceptors (Lipinski definition) is 2. The fourth-order valence-electron chi connectivity index (χ4n) is 1.08. The van der Waals surface area contributed by atoms with Crippen LogP contribution in [0.2, 0.25) is 0 Å². The predicted octanol–water partition coefficient (Wildman–Crippen LogP) is 2.54. The summed E-state index contributed by atoms with van der Waals surface area (Å²) < 4.78 is 18.1. The lowest BCUT2D eigenvalue weighted by Crippen LogP contribution is -2.32. The molecule has 1 fully saturated rings. The summed E-state index contributed by atoms with van der Waals surface area (Å²) in [5.74, 6) is -0.201. The minimum atomic E-state index is -0.201. The minimum absolute atomic E-state index is 0.201. The molecule has 0 aliphatic carbocycles. The normalized spacial score (nSPS) is 16.7. The van der Waals surface area contributed by atoms with E-state index in [1.165, 1.54) is 12.1 Å². The molecule has 0 unspecified atom stereocenters. The highest BCUT2D eigenvalue weighted by Gasteiger charge is 2.02. The monoisotopic (exact) mass is 275 g/mol. The molecule has 0 bridgehead atoms. The first-order chi connectivity index (χ1) is 7.18. The van der Waals surface area contributed by atoms with Crippen molar-refractivity contribution in [3.63, 3.8) is 0 Å². The van der Waals surface area contributed by atoms with Gasteiger partial charge in [0.25, 0.3) is 0 Å². The molecule has 2 nitrogen and oxygen atoms in total. The zero-order valence-electron chi connectivity index (χ0n) is 8.75. The Morgan fingerprint density at radius 2 is 1.73 bits per heavy atom. The van der Waals surface area contributed by atoms with E-state index in [0.717, 1.165) is 30.8 Å². The third-order valence-corrected chi connectivity index (χ3v) is 2.57. The van der Waals surface area contributed by atoms with E-state index in [9.17, 15) is 4.39 Å². The molecule has 4 heteroatoms. The van der Waals surface area contributed by atoms with Crippen LogP contribution < -0.4 is 0 Å². The third kappa shape index (κ3) is 5.87. The van der Waals surface area contributed by atoms with Gasteiger partial charge in [-0.1, -0.05) is 15.9 Å². The lowest BCUT2D eigenvalue weighted by atomic mass is 10.4. The summed E-state index contributed by atoms with van der Waals surface area (Å²) in [4.78, 5) is 2.27. The van der Waals surface area contributed by atoms with E-state index < -0.39 is 0 Å². The van der Waals surface area contributed by atoms with E-state index in [4.69, 9.17) is 4.74 Å². The quantitative estimate of drug-likeness (QED) is 0.722. The van der Waals surface area contributed by atoms with E-state index in [1.807, 2.05) is 0 Å². The number of ether oxygens (including phenoxy) is 1. The molecule has 0 aromatic heterocycles. The lowest BCUT2D eigenvalue weighted by molar-refractivity contribution is 0.0503. The summed E-state index contributed by atoms with van der Waals surface area (Å²) in [5, 5.41) is 0. The van der Waals surface area contributed by atoms with Crippen LogP contribution in [-0.4, -0.2) is 38.3 Å². The zero-order valence-corrected chi connectivity index (χ0v) is 10.3. The molecular formula is C11H15BrFNO. The molecule has 15 heavy (non-hydrogen) atoms. The Morgan fingerprint density at radius 1 is 1.20 bits per heavy atom. The van der Waals surface area contributed by atoms with Gasteiger partial charge < -0.3 is 9.64 Å². The Labute approximate surface area is 98.2 Å². The van der Waals surface area contributed by atoms with Crippen LogP contribution in [0.25, 0.3) is 0 Å². The van der Waals surface area contributed by atoms with Gasteiger partial charge >= 0.3 is 0 Å². The smallest absolute Gasteiger partial charge is 0.123 e. The van der Waals surface area contributed by atoms with Crippen LogP contribution in [-0.2, 0) is 4.74 Å². The number of hydrogen-bond donors (Lipinski definition) is 0. The molecule has 1 aromatic carbocycles. The second-order valence-electron chi connectivity index (χ2n) is 3.35. The van der Waals surface area contributed by atoms with Crippen molar-refractivity contribution in [2.24, 2.45) is 0 Å². The van der Waals surface area contributed by atoms with Gasteiger partial charge in [-0.3, -0.25) is 0 Å². The standard InChI is InChI=1S/C6H4BrF.C5H11NO/c7-5-1-3-6(8)4-2-5;1-6-2-4-7-5-3-6/h1-4H;2-5H2,1H3. The summed E-state index contributed by atoms with van der Waals surface area (Å²) in [7, 11) is 2.11. The second-order valence-corrected chi connectivity index (χ2v) is 4.27. The molecule has 1 aliphatic heterocycles. The Bertz CT molecular complexity index is 251. The Morgan fingerprint density at radius 3 is 2.07 bits per heavy atom. The van der Waals surface area contributed by atoms with Gasteiger partial charge in [0.2, 0.25) is 0 Å². The van der Waals surface area contributed by atoms with Crippen molar-refractivity contribution in [3.05, 3.63) is 34.6 Å². The molecule has 0 saturated carbocycles. The molecule has 0 spiro atoms. The number of rotatable bonds is 0. The first kappa shape index (κ1) is 12.6. The van der Waals surface area contributed by atoms with Crippen LogP contribution in [0.15, 0.2) is 28.7 Å². The summed E-state index contributed by atoms with van der Waals surface area (Å²) in [6.07, 6.45) is 0. The lowest BCUT2D eigenvalue weighted by Gasteiger charge is -2.21. The molecule has 0 radical (unpaired) electrons. The van der Waals surface area contributed by atoms with Crippen LogP contribution in [0.3, 0.4) is 0 Å². The van der Waals surface area contributed by atoms with Crippen molar-refractivity contribution in [1.82, 2.24) is 4.90 Å². The zero-order chi connectivity index (χ0) is 11.1. The van der Waals surface area contributed by atoms with Gasteiger partial charge in [-0.15, -0.1) is 0 Å². The maximum Gasteiger partial charge on any atom is 0.123 e. The van der Waals surface area contributed by atoms with Crippen LogP contribution in [0, 0.1) is 5.82 Å². The van der Waals surface area contributed by atoms with Gasteiger partial charge in [0.15, 0.2) is 0 Å². The molecular weight excluding hydrogens is 261 g/mol. The van der Waals surface area contributed by atoms with E-state index in [-0.39, 0.29) is 5.82 Å². The SMILES string of the molecule is CN1CCOCC1.Fc1ccc(Br)cc1. The van der Waals surface area contributed by atoms with Crippen molar-refractivity contribution >= 4 is 15.9 Å².